The molecule has 8 heteroatoms. The van der Waals surface area contributed by atoms with Gasteiger partial charge in [-0.3, -0.25) is 19.6 Å². The van der Waals surface area contributed by atoms with Gasteiger partial charge in [-0.2, -0.15) is 5.10 Å². The van der Waals surface area contributed by atoms with Crippen LogP contribution in [0.5, 0.6) is 0 Å². The van der Waals surface area contributed by atoms with Gasteiger partial charge in [-0.15, -0.1) is 0 Å². The Hall–Kier alpha value is -3.39. The third-order valence-electron chi connectivity index (χ3n) is 6.82. The van der Waals surface area contributed by atoms with Crippen molar-refractivity contribution in [3.63, 3.8) is 0 Å². The average Bonchev–Trinajstić information content (AvgIpc) is 3.10. The number of amides is 2. The molecule has 2 N–H and O–H groups in total. The second kappa shape index (κ2) is 10.3. The van der Waals surface area contributed by atoms with Crippen molar-refractivity contribution in [1.29, 1.82) is 0 Å². The van der Waals surface area contributed by atoms with Gasteiger partial charge in [0.25, 0.3) is 5.91 Å². The fourth-order valence-electron chi connectivity index (χ4n) is 4.87. The van der Waals surface area contributed by atoms with E-state index in [0.717, 1.165) is 29.7 Å². The van der Waals surface area contributed by atoms with Gasteiger partial charge in [0.05, 0.1) is 12.1 Å². The van der Waals surface area contributed by atoms with E-state index >= 15 is 0 Å². The molecule has 0 saturated carbocycles. The zero-order valence-electron chi connectivity index (χ0n) is 19.5. The maximum absolute atomic E-state index is 12.9. The number of anilines is 2. The van der Waals surface area contributed by atoms with Gasteiger partial charge in [0.1, 0.15) is 0 Å². The molecule has 2 aromatic carbocycles. The predicted molar refractivity (Wildman–Crippen MR) is 134 cm³/mol. The highest BCUT2D eigenvalue weighted by molar-refractivity contribution is 6.04. The van der Waals surface area contributed by atoms with Gasteiger partial charge in [0.2, 0.25) is 5.91 Å². The number of para-hydroxylation sites is 1. The molecule has 2 aliphatic heterocycles. The van der Waals surface area contributed by atoms with Crippen molar-refractivity contribution >= 4 is 34.1 Å². The number of rotatable bonds is 5. The van der Waals surface area contributed by atoms with E-state index in [1.807, 2.05) is 41.3 Å². The highest BCUT2D eigenvalue weighted by atomic mass is 16.2. The molecule has 1 aromatic heterocycles. The third-order valence-corrected chi connectivity index (χ3v) is 6.82. The number of nitrogens with one attached hydrogen (secondary N) is 2. The zero-order valence-corrected chi connectivity index (χ0v) is 19.5. The summed E-state index contributed by atoms with van der Waals surface area (Å²) in [6.07, 6.45) is 5.12. The lowest BCUT2D eigenvalue weighted by Crippen LogP contribution is -2.50. The molecule has 0 unspecified atom stereocenters. The second-order valence-electron chi connectivity index (χ2n) is 9.18. The molecule has 0 spiro atoms. The SMILES string of the molecule is O=C(CN1CCN(C(=O)c2n[nH]c3ccccc23)CC1)Nc1ccc(N2CCCCCC2)cc1. The number of benzene rings is 2. The fourth-order valence-corrected chi connectivity index (χ4v) is 4.87. The largest absolute Gasteiger partial charge is 0.372 e. The van der Waals surface area contributed by atoms with Crippen LogP contribution in [0.15, 0.2) is 48.5 Å². The van der Waals surface area contributed by atoms with E-state index in [4.69, 9.17) is 0 Å². The molecule has 178 valence electrons. The molecule has 0 radical (unpaired) electrons. The Morgan fingerprint density at radius 1 is 0.853 bits per heavy atom. The minimum atomic E-state index is -0.0638. The molecule has 2 amide bonds. The number of nitrogens with zero attached hydrogens (tertiary/aromatic N) is 4. The van der Waals surface area contributed by atoms with Crippen LogP contribution < -0.4 is 10.2 Å². The molecular weight excluding hydrogens is 428 g/mol. The Labute approximate surface area is 199 Å². The average molecular weight is 461 g/mol. The molecule has 5 rings (SSSR count). The molecular formula is C26H32N6O2. The summed E-state index contributed by atoms with van der Waals surface area (Å²) >= 11 is 0. The Balaban J connectivity index is 1.10. The minimum Gasteiger partial charge on any atom is -0.372 e. The van der Waals surface area contributed by atoms with Gasteiger partial charge in [-0.1, -0.05) is 31.0 Å². The lowest BCUT2D eigenvalue weighted by atomic mass is 10.2. The van der Waals surface area contributed by atoms with Crippen LogP contribution in [0.2, 0.25) is 0 Å². The van der Waals surface area contributed by atoms with Crippen molar-refractivity contribution in [2.45, 2.75) is 25.7 Å². The molecule has 8 nitrogen and oxygen atoms in total. The first-order valence-corrected chi connectivity index (χ1v) is 12.3. The lowest BCUT2D eigenvalue weighted by Gasteiger charge is -2.34. The van der Waals surface area contributed by atoms with Crippen molar-refractivity contribution in [3.05, 3.63) is 54.2 Å². The summed E-state index contributed by atoms with van der Waals surface area (Å²) in [5.74, 6) is -0.0911. The van der Waals surface area contributed by atoms with E-state index in [1.165, 1.54) is 31.4 Å². The number of piperazine rings is 1. The molecule has 0 aliphatic carbocycles. The molecule has 2 aliphatic rings. The number of hydrogen-bond acceptors (Lipinski definition) is 5. The standard InChI is InChI=1S/C26H32N6O2/c33-24(27-20-9-11-21(12-10-20)31-13-5-1-2-6-14-31)19-30-15-17-32(18-16-30)26(34)25-22-7-3-4-8-23(22)28-29-25/h3-4,7-12H,1-2,5-6,13-19H2,(H,27,33)(H,28,29). The second-order valence-corrected chi connectivity index (χ2v) is 9.18. The Morgan fingerprint density at radius 2 is 1.56 bits per heavy atom. The molecule has 0 bridgehead atoms. The van der Waals surface area contributed by atoms with Gasteiger partial charge < -0.3 is 15.1 Å². The topological polar surface area (TPSA) is 84.6 Å². The molecule has 34 heavy (non-hydrogen) atoms. The third kappa shape index (κ3) is 5.07. The first-order valence-electron chi connectivity index (χ1n) is 12.3. The quantitative estimate of drug-likeness (QED) is 0.610. The van der Waals surface area contributed by atoms with E-state index in [-0.39, 0.29) is 11.8 Å². The maximum Gasteiger partial charge on any atom is 0.275 e. The summed E-state index contributed by atoms with van der Waals surface area (Å²) in [7, 11) is 0. The minimum absolute atomic E-state index is 0.0272. The summed E-state index contributed by atoms with van der Waals surface area (Å²) in [6, 6.07) is 15.8. The van der Waals surface area contributed by atoms with E-state index in [0.29, 0.717) is 38.4 Å². The number of aromatic nitrogens is 2. The van der Waals surface area contributed by atoms with Crippen LogP contribution in [0, 0.1) is 0 Å². The summed E-state index contributed by atoms with van der Waals surface area (Å²) < 4.78 is 0. The summed E-state index contributed by atoms with van der Waals surface area (Å²) in [5.41, 5.74) is 3.37. The van der Waals surface area contributed by atoms with Crippen LogP contribution in [-0.2, 0) is 4.79 Å². The fraction of sp³-hybridized carbons (Fsp3) is 0.423. The monoisotopic (exact) mass is 460 g/mol. The van der Waals surface area contributed by atoms with Crippen LogP contribution in [-0.4, -0.2) is 77.6 Å². The number of carbonyl (C=O) groups excluding carboxylic acids is 2. The Kier molecular flexibility index (Phi) is 6.76. The van der Waals surface area contributed by atoms with Crippen molar-refractivity contribution in [2.75, 3.05) is 56.0 Å². The van der Waals surface area contributed by atoms with Crippen molar-refractivity contribution in [2.24, 2.45) is 0 Å². The van der Waals surface area contributed by atoms with Crippen molar-refractivity contribution in [3.8, 4) is 0 Å². The normalized spacial score (nSPS) is 17.5. The predicted octanol–water partition coefficient (Wildman–Crippen LogP) is 3.34. The summed E-state index contributed by atoms with van der Waals surface area (Å²) in [5, 5.41) is 11.0. The molecule has 0 atom stereocenters. The van der Waals surface area contributed by atoms with Gasteiger partial charge >= 0.3 is 0 Å². The number of aromatic amines is 1. The first kappa shape index (κ1) is 22.4. The maximum atomic E-state index is 12.9. The van der Waals surface area contributed by atoms with E-state index in [1.54, 1.807) is 0 Å². The Bertz CT molecular complexity index is 1130. The first-order chi connectivity index (χ1) is 16.7. The highest BCUT2D eigenvalue weighted by Gasteiger charge is 2.26. The number of H-pyrrole nitrogens is 1. The molecule has 3 aromatic rings. The van der Waals surface area contributed by atoms with Crippen LogP contribution in [0.4, 0.5) is 11.4 Å². The van der Waals surface area contributed by atoms with Gasteiger partial charge in [0.15, 0.2) is 5.69 Å². The smallest absolute Gasteiger partial charge is 0.275 e. The molecule has 3 heterocycles. The van der Waals surface area contributed by atoms with Crippen LogP contribution >= 0.6 is 0 Å². The van der Waals surface area contributed by atoms with Gasteiger partial charge in [-0.25, -0.2) is 0 Å². The van der Waals surface area contributed by atoms with Gasteiger partial charge in [-0.05, 0) is 43.2 Å². The molecule has 2 saturated heterocycles. The van der Waals surface area contributed by atoms with E-state index in [2.05, 4.69) is 37.4 Å². The summed E-state index contributed by atoms with van der Waals surface area (Å²) in [4.78, 5) is 31.9. The number of fused-ring (bicyclic) bond motifs is 1. The zero-order chi connectivity index (χ0) is 23.3. The van der Waals surface area contributed by atoms with Crippen LogP contribution in [0.3, 0.4) is 0 Å². The van der Waals surface area contributed by atoms with Crippen molar-refractivity contribution in [1.82, 2.24) is 20.0 Å². The van der Waals surface area contributed by atoms with E-state index in [9.17, 15) is 9.59 Å². The lowest BCUT2D eigenvalue weighted by molar-refractivity contribution is -0.117. The highest BCUT2D eigenvalue weighted by Crippen LogP contribution is 2.22. The van der Waals surface area contributed by atoms with Crippen LogP contribution in [0.25, 0.3) is 10.9 Å². The number of hydrogen-bond donors (Lipinski definition) is 2. The van der Waals surface area contributed by atoms with Crippen LogP contribution in [0.1, 0.15) is 36.2 Å². The Morgan fingerprint density at radius 3 is 2.29 bits per heavy atom. The van der Waals surface area contributed by atoms with E-state index < -0.39 is 0 Å². The number of carbonyl (C=O) groups is 2. The summed E-state index contributed by atoms with van der Waals surface area (Å²) in [6.45, 7) is 5.02. The molecule has 2 fully saturated rings. The van der Waals surface area contributed by atoms with Gasteiger partial charge in [0, 0.05) is 56.0 Å². The van der Waals surface area contributed by atoms with Crippen molar-refractivity contribution < 1.29 is 9.59 Å².